The third-order valence-electron chi connectivity index (χ3n) is 2.87. The van der Waals surface area contributed by atoms with Crippen LogP contribution in [0.15, 0.2) is 93.1 Å². The summed E-state index contributed by atoms with van der Waals surface area (Å²) in [5.74, 6) is -0.439. The van der Waals surface area contributed by atoms with E-state index in [1.54, 1.807) is 0 Å². The zero-order valence-corrected chi connectivity index (χ0v) is 11.5. The molecule has 0 saturated carbocycles. The highest BCUT2D eigenvalue weighted by Gasteiger charge is 2.22. The number of carbonyl (C=O) groups is 1. The molecule has 1 N–H and O–H groups in total. The van der Waals surface area contributed by atoms with Gasteiger partial charge in [-0.05, 0) is 24.3 Å². The van der Waals surface area contributed by atoms with E-state index < -0.39 is 5.91 Å². The van der Waals surface area contributed by atoms with Gasteiger partial charge in [0.15, 0.2) is 5.70 Å². The number of para-hydroxylation sites is 1. The summed E-state index contributed by atoms with van der Waals surface area (Å²) in [6.45, 7) is 0. The Kier molecular flexibility index (Phi) is 3.96. The van der Waals surface area contributed by atoms with Crippen molar-refractivity contribution in [1.29, 1.82) is 0 Å². The van der Waals surface area contributed by atoms with Gasteiger partial charge in [-0.15, -0.1) is 10.2 Å². The molecule has 2 aromatic carbocycles. The number of benzene rings is 2. The number of hydrogen-bond donors (Lipinski definition) is 1. The van der Waals surface area contributed by atoms with Crippen LogP contribution in [0.3, 0.4) is 0 Å². The summed E-state index contributed by atoms with van der Waals surface area (Å²) in [5.41, 5.74) is 4.44. The molecular weight excluding hydrogens is 280 g/mol. The number of nitrogens with zero attached hydrogens (tertiary/aromatic N) is 5. The molecule has 0 unspecified atom stereocenters. The van der Waals surface area contributed by atoms with E-state index in [1.165, 1.54) is 11.2 Å². The fourth-order valence-electron chi connectivity index (χ4n) is 1.84. The molecule has 0 spiro atoms. The van der Waals surface area contributed by atoms with Crippen LogP contribution < -0.4 is 10.5 Å². The van der Waals surface area contributed by atoms with Crippen molar-refractivity contribution in [3.63, 3.8) is 0 Å². The van der Waals surface area contributed by atoms with Crippen molar-refractivity contribution >= 4 is 17.3 Å². The Morgan fingerprint density at radius 1 is 0.955 bits per heavy atom. The summed E-state index contributed by atoms with van der Waals surface area (Å²) in [5, 5.41) is 16.5. The molecule has 2 aromatic rings. The second-order valence-corrected chi connectivity index (χ2v) is 4.34. The van der Waals surface area contributed by atoms with Crippen LogP contribution in [0.1, 0.15) is 0 Å². The standard InChI is InChI=1S/C15H12N6O/c22-15-14(11-16-18-15)21(13-9-5-2-6-10-13)20-19-17-12-7-3-1-4-8-12/h1-11H,(H,17,20). The number of hydrazine groups is 1. The van der Waals surface area contributed by atoms with Crippen LogP contribution in [0.4, 0.5) is 11.4 Å². The molecule has 0 atom stereocenters. The smallest absolute Gasteiger partial charge is 0.263 e. The Morgan fingerprint density at radius 2 is 1.64 bits per heavy atom. The first-order valence-corrected chi connectivity index (χ1v) is 6.56. The Bertz CT molecular complexity index is 739. The third kappa shape index (κ3) is 3.04. The van der Waals surface area contributed by atoms with E-state index in [9.17, 15) is 4.79 Å². The van der Waals surface area contributed by atoms with Gasteiger partial charge in [-0.2, -0.15) is 10.6 Å². The lowest BCUT2D eigenvalue weighted by molar-refractivity contribution is -0.114. The van der Waals surface area contributed by atoms with Crippen LogP contribution in [0.2, 0.25) is 0 Å². The SMILES string of the molecule is O=C1N=NC=C1N(NN=Nc1ccccc1)c1ccccc1. The highest BCUT2D eigenvalue weighted by atomic mass is 16.2. The van der Waals surface area contributed by atoms with Crippen LogP contribution in [0.5, 0.6) is 0 Å². The normalized spacial score (nSPS) is 13.5. The average Bonchev–Trinajstić information content (AvgIpc) is 2.99. The first-order valence-electron chi connectivity index (χ1n) is 6.56. The maximum atomic E-state index is 11.7. The first-order chi connectivity index (χ1) is 10.8. The quantitative estimate of drug-likeness (QED) is 0.676. The molecule has 0 bridgehead atoms. The maximum Gasteiger partial charge on any atom is 0.315 e. The lowest BCUT2D eigenvalue weighted by Gasteiger charge is -2.21. The highest BCUT2D eigenvalue weighted by Crippen LogP contribution is 2.20. The molecule has 108 valence electrons. The number of anilines is 1. The van der Waals surface area contributed by atoms with Gasteiger partial charge >= 0.3 is 5.91 Å². The van der Waals surface area contributed by atoms with E-state index in [0.29, 0.717) is 5.69 Å². The molecule has 0 aromatic heterocycles. The average molecular weight is 292 g/mol. The fraction of sp³-hybridized carbons (Fsp3) is 0. The van der Waals surface area contributed by atoms with E-state index in [2.05, 4.69) is 26.1 Å². The predicted octanol–water partition coefficient (Wildman–Crippen LogP) is 3.53. The summed E-state index contributed by atoms with van der Waals surface area (Å²) in [7, 11) is 0. The van der Waals surface area contributed by atoms with E-state index in [4.69, 9.17) is 0 Å². The molecule has 0 saturated heterocycles. The van der Waals surface area contributed by atoms with Gasteiger partial charge < -0.3 is 0 Å². The zero-order chi connectivity index (χ0) is 15.2. The fourth-order valence-corrected chi connectivity index (χ4v) is 1.84. The van der Waals surface area contributed by atoms with Crippen molar-refractivity contribution in [3.05, 3.63) is 72.6 Å². The van der Waals surface area contributed by atoms with Gasteiger partial charge in [-0.1, -0.05) is 41.6 Å². The minimum Gasteiger partial charge on any atom is -0.263 e. The second-order valence-electron chi connectivity index (χ2n) is 4.34. The molecule has 1 amide bonds. The lowest BCUT2D eigenvalue weighted by Crippen LogP contribution is -2.35. The Morgan fingerprint density at radius 3 is 2.27 bits per heavy atom. The number of azo groups is 1. The maximum absolute atomic E-state index is 11.7. The lowest BCUT2D eigenvalue weighted by atomic mass is 10.3. The van der Waals surface area contributed by atoms with Crippen LogP contribution in [0, 0.1) is 0 Å². The molecule has 1 heterocycles. The highest BCUT2D eigenvalue weighted by molar-refractivity contribution is 5.98. The van der Waals surface area contributed by atoms with Gasteiger partial charge in [0, 0.05) is 0 Å². The van der Waals surface area contributed by atoms with Crippen molar-refractivity contribution in [3.8, 4) is 0 Å². The molecule has 0 radical (unpaired) electrons. The number of hydrogen-bond acceptors (Lipinski definition) is 5. The molecule has 1 aliphatic heterocycles. The van der Waals surface area contributed by atoms with Crippen molar-refractivity contribution in [2.45, 2.75) is 0 Å². The second kappa shape index (κ2) is 6.40. The van der Waals surface area contributed by atoms with E-state index in [-0.39, 0.29) is 5.70 Å². The predicted molar refractivity (Wildman–Crippen MR) is 81.0 cm³/mol. The van der Waals surface area contributed by atoms with Crippen molar-refractivity contribution in [2.24, 2.45) is 20.6 Å². The van der Waals surface area contributed by atoms with Gasteiger partial charge in [0.05, 0.1) is 17.6 Å². The molecule has 0 fully saturated rings. The van der Waals surface area contributed by atoms with Gasteiger partial charge in [0.25, 0.3) is 0 Å². The molecule has 1 aliphatic rings. The Hall–Kier alpha value is -3.35. The molecule has 22 heavy (non-hydrogen) atoms. The summed E-state index contributed by atoms with van der Waals surface area (Å²) < 4.78 is 0. The van der Waals surface area contributed by atoms with Gasteiger partial charge in [-0.3, -0.25) is 4.79 Å². The monoisotopic (exact) mass is 292 g/mol. The van der Waals surface area contributed by atoms with E-state index in [0.717, 1.165) is 5.69 Å². The van der Waals surface area contributed by atoms with Crippen LogP contribution in [-0.2, 0) is 4.79 Å². The molecule has 0 aliphatic carbocycles. The Balaban J connectivity index is 1.81. The zero-order valence-electron chi connectivity index (χ0n) is 11.5. The van der Waals surface area contributed by atoms with Gasteiger partial charge in [0.1, 0.15) is 0 Å². The van der Waals surface area contributed by atoms with Gasteiger partial charge in [-0.25, -0.2) is 5.01 Å². The first kappa shape index (κ1) is 13.6. The summed E-state index contributed by atoms with van der Waals surface area (Å²) >= 11 is 0. The minimum absolute atomic E-state index is 0.276. The summed E-state index contributed by atoms with van der Waals surface area (Å²) in [6, 6.07) is 18.5. The number of rotatable bonds is 5. The van der Waals surface area contributed by atoms with E-state index >= 15 is 0 Å². The number of amides is 1. The molecule has 7 nitrogen and oxygen atoms in total. The van der Waals surface area contributed by atoms with Crippen molar-refractivity contribution in [1.82, 2.24) is 5.53 Å². The topological polar surface area (TPSA) is 81.8 Å². The van der Waals surface area contributed by atoms with Crippen LogP contribution in [-0.4, -0.2) is 5.91 Å². The van der Waals surface area contributed by atoms with Crippen molar-refractivity contribution in [2.75, 3.05) is 5.01 Å². The molecule has 7 heteroatoms. The van der Waals surface area contributed by atoms with E-state index in [1.807, 2.05) is 60.7 Å². The van der Waals surface area contributed by atoms with Crippen LogP contribution >= 0.6 is 0 Å². The van der Waals surface area contributed by atoms with Crippen molar-refractivity contribution < 1.29 is 4.79 Å². The molecule has 3 rings (SSSR count). The van der Waals surface area contributed by atoms with Gasteiger partial charge in [0.2, 0.25) is 0 Å². The van der Waals surface area contributed by atoms with Crippen LogP contribution in [0.25, 0.3) is 0 Å². The number of carbonyl (C=O) groups excluding carboxylic acids is 1. The summed E-state index contributed by atoms with van der Waals surface area (Å²) in [6.07, 6.45) is 1.38. The number of nitrogens with one attached hydrogen (secondary N) is 1. The largest absolute Gasteiger partial charge is 0.315 e. The Labute approximate surface area is 126 Å². The summed E-state index contributed by atoms with van der Waals surface area (Å²) in [4.78, 5) is 11.7. The minimum atomic E-state index is -0.439. The molecular formula is C15H12N6O. The third-order valence-corrected chi connectivity index (χ3v) is 2.87.